The third kappa shape index (κ3) is 3.13. The Hall–Kier alpha value is -1.41. The monoisotopic (exact) mass is 258 g/mol. The summed E-state index contributed by atoms with van der Waals surface area (Å²) >= 11 is 0. The lowest BCUT2D eigenvalue weighted by atomic mass is 9.70. The Labute approximate surface area is 115 Å². The zero-order valence-electron chi connectivity index (χ0n) is 11.6. The number of carbonyl (C=O) groups excluding carboxylic acids is 1. The average Bonchev–Trinajstić information content (AvgIpc) is 2.44. The van der Waals surface area contributed by atoms with E-state index in [1.807, 2.05) is 6.08 Å². The molecule has 0 fully saturated rings. The third-order valence-corrected chi connectivity index (χ3v) is 4.10. The number of hydrogen-bond donors (Lipinski definition) is 1. The van der Waals surface area contributed by atoms with E-state index in [2.05, 4.69) is 25.1 Å². The number of rotatable bonds is 5. The molecule has 2 heteroatoms. The van der Waals surface area contributed by atoms with Gasteiger partial charge in [0, 0.05) is 12.0 Å². The van der Waals surface area contributed by atoms with Crippen LogP contribution in [0.4, 0.5) is 0 Å². The van der Waals surface area contributed by atoms with E-state index in [0.717, 1.165) is 32.0 Å². The molecule has 1 aromatic rings. The van der Waals surface area contributed by atoms with Crippen LogP contribution in [0.1, 0.15) is 42.9 Å². The highest BCUT2D eigenvalue weighted by atomic mass is 16.2. The number of fused-ring (bicyclic) bond motifs is 1. The van der Waals surface area contributed by atoms with Crippen molar-refractivity contribution in [2.24, 2.45) is 0 Å². The van der Waals surface area contributed by atoms with Crippen molar-refractivity contribution in [2.45, 2.75) is 44.4 Å². The SMILES string of the molecule is CC1(/C=C/C=O)CCCc2ccc(CCCO)cc21. The highest BCUT2D eigenvalue weighted by Crippen LogP contribution is 2.38. The molecule has 102 valence electrons. The van der Waals surface area contributed by atoms with E-state index >= 15 is 0 Å². The normalized spacial score (nSPS) is 22.4. The van der Waals surface area contributed by atoms with E-state index in [0.29, 0.717) is 0 Å². The second-order valence-corrected chi connectivity index (χ2v) is 5.58. The minimum atomic E-state index is -0.0241. The smallest absolute Gasteiger partial charge is 0.142 e. The fourth-order valence-corrected chi connectivity index (χ4v) is 3.02. The van der Waals surface area contributed by atoms with E-state index in [-0.39, 0.29) is 12.0 Å². The molecule has 2 rings (SSSR count). The molecule has 0 aromatic heterocycles. The first-order valence-corrected chi connectivity index (χ1v) is 7.06. The predicted molar refractivity (Wildman–Crippen MR) is 77.3 cm³/mol. The number of aldehydes is 1. The number of aryl methyl sites for hydroxylation is 2. The van der Waals surface area contributed by atoms with Gasteiger partial charge in [-0.25, -0.2) is 0 Å². The van der Waals surface area contributed by atoms with Crippen LogP contribution in [0, 0.1) is 0 Å². The molecule has 1 atom stereocenters. The molecule has 1 aliphatic rings. The molecule has 1 aliphatic carbocycles. The Bertz CT molecular complexity index is 476. The maximum Gasteiger partial charge on any atom is 0.142 e. The van der Waals surface area contributed by atoms with Crippen molar-refractivity contribution in [3.05, 3.63) is 47.0 Å². The Morgan fingerprint density at radius 2 is 2.26 bits per heavy atom. The summed E-state index contributed by atoms with van der Waals surface area (Å²) in [5.41, 5.74) is 4.01. The zero-order chi connectivity index (χ0) is 13.7. The van der Waals surface area contributed by atoms with Crippen LogP contribution < -0.4 is 0 Å². The fourth-order valence-electron chi connectivity index (χ4n) is 3.02. The van der Waals surface area contributed by atoms with Crippen molar-refractivity contribution < 1.29 is 9.90 Å². The molecule has 0 heterocycles. The summed E-state index contributed by atoms with van der Waals surface area (Å²) < 4.78 is 0. The molecule has 0 saturated heterocycles. The molecular weight excluding hydrogens is 236 g/mol. The van der Waals surface area contributed by atoms with Crippen LogP contribution in [-0.2, 0) is 23.1 Å². The molecule has 0 aliphatic heterocycles. The van der Waals surface area contributed by atoms with Crippen molar-refractivity contribution >= 4 is 6.29 Å². The molecular formula is C17H22O2. The summed E-state index contributed by atoms with van der Waals surface area (Å²) in [5.74, 6) is 0. The van der Waals surface area contributed by atoms with Gasteiger partial charge in [0.1, 0.15) is 6.29 Å². The second kappa shape index (κ2) is 6.16. The maximum atomic E-state index is 10.6. The van der Waals surface area contributed by atoms with Crippen molar-refractivity contribution in [3.8, 4) is 0 Å². The van der Waals surface area contributed by atoms with Gasteiger partial charge in [0.2, 0.25) is 0 Å². The number of hydrogen-bond acceptors (Lipinski definition) is 2. The average molecular weight is 258 g/mol. The minimum Gasteiger partial charge on any atom is -0.396 e. The number of aliphatic hydroxyl groups excluding tert-OH is 1. The molecule has 0 saturated carbocycles. The third-order valence-electron chi connectivity index (χ3n) is 4.10. The van der Waals surface area contributed by atoms with Crippen LogP contribution in [0.25, 0.3) is 0 Å². The van der Waals surface area contributed by atoms with Crippen molar-refractivity contribution in [2.75, 3.05) is 6.61 Å². The Balaban J connectivity index is 2.34. The molecule has 0 spiro atoms. The summed E-state index contributed by atoms with van der Waals surface area (Å²) in [4.78, 5) is 10.6. The highest BCUT2D eigenvalue weighted by Gasteiger charge is 2.29. The lowest BCUT2D eigenvalue weighted by molar-refractivity contribution is -0.104. The highest BCUT2D eigenvalue weighted by molar-refractivity contribution is 5.65. The van der Waals surface area contributed by atoms with E-state index in [1.165, 1.54) is 23.1 Å². The van der Waals surface area contributed by atoms with Crippen molar-refractivity contribution in [1.82, 2.24) is 0 Å². The molecule has 0 bridgehead atoms. The number of benzene rings is 1. The molecule has 0 radical (unpaired) electrons. The predicted octanol–water partition coefficient (Wildman–Crippen LogP) is 2.96. The first-order chi connectivity index (χ1) is 9.19. The molecule has 0 amide bonds. The van der Waals surface area contributed by atoms with Gasteiger partial charge in [0.25, 0.3) is 0 Å². The molecule has 1 N–H and O–H groups in total. The van der Waals surface area contributed by atoms with Gasteiger partial charge < -0.3 is 5.11 Å². The van der Waals surface area contributed by atoms with E-state index in [4.69, 9.17) is 5.11 Å². The first-order valence-electron chi connectivity index (χ1n) is 7.06. The van der Waals surface area contributed by atoms with Crippen molar-refractivity contribution in [1.29, 1.82) is 0 Å². The van der Waals surface area contributed by atoms with Crippen LogP contribution in [0.2, 0.25) is 0 Å². The standard InChI is InChI=1S/C17H22O2/c1-17(10-4-12-19)9-2-6-15-8-7-14(5-3-11-18)13-16(15)17/h4,7-8,10,12-13,18H,2-3,5-6,9,11H2,1H3/b10-4+. The van der Waals surface area contributed by atoms with Crippen LogP contribution in [0.5, 0.6) is 0 Å². The van der Waals surface area contributed by atoms with Gasteiger partial charge in [-0.1, -0.05) is 31.2 Å². The van der Waals surface area contributed by atoms with Gasteiger partial charge in [-0.3, -0.25) is 4.79 Å². The molecule has 1 aromatic carbocycles. The summed E-state index contributed by atoms with van der Waals surface area (Å²) in [6, 6.07) is 6.65. The zero-order valence-corrected chi connectivity index (χ0v) is 11.6. The lowest BCUT2D eigenvalue weighted by Crippen LogP contribution is -2.25. The molecule has 1 unspecified atom stereocenters. The lowest BCUT2D eigenvalue weighted by Gasteiger charge is -2.34. The van der Waals surface area contributed by atoms with Gasteiger partial charge in [-0.05, 0) is 54.9 Å². The van der Waals surface area contributed by atoms with Gasteiger partial charge in [0.15, 0.2) is 0 Å². The van der Waals surface area contributed by atoms with E-state index in [1.54, 1.807) is 6.08 Å². The summed E-state index contributed by atoms with van der Waals surface area (Å²) in [6.45, 7) is 2.44. The molecule has 19 heavy (non-hydrogen) atoms. The van der Waals surface area contributed by atoms with Crippen LogP contribution in [0.3, 0.4) is 0 Å². The number of carbonyl (C=O) groups is 1. The Morgan fingerprint density at radius 1 is 1.42 bits per heavy atom. The first kappa shape index (κ1) is 14.0. The summed E-state index contributed by atoms with van der Waals surface area (Å²) in [6.07, 6.45) is 9.62. The Morgan fingerprint density at radius 3 is 3.00 bits per heavy atom. The van der Waals surface area contributed by atoms with E-state index < -0.39 is 0 Å². The topological polar surface area (TPSA) is 37.3 Å². The summed E-state index contributed by atoms with van der Waals surface area (Å²) in [5, 5.41) is 8.93. The number of allylic oxidation sites excluding steroid dienone is 2. The van der Waals surface area contributed by atoms with Crippen LogP contribution in [0.15, 0.2) is 30.4 Å². The van der Waals surface area contributed by atoms with Gasteiger partial charge in [0.05, 0.1) is 0 Å². The van der Waals surface area contributed by atoms with Gasteiger partial charge >= 0.3 is 0 Å². The number of aliphatic hydroxyl groups is 1. The quantitative estimate of drug-likeness (QED) is 0.651. The van der Waals surface area contributed by atoms with Crippen LogP contribution in [-0.4, -0.2) is 18.0 Å². The van der Waals surface area contributed by atoms with Crippen molar-refractivity contribution in [3.63, 3.8) is 0 Å². The van der Waals surface area contributed by atoms with Crippen LogP contribution >= 0.6 is 0 Å². The minimum absolute atomic E-state index is 0.0241. The van der Waals surface area contributed by atoms with Gasteiger partial charge in [-0.2, -0.15) is 0 Å². The fraction of sp³-hybridized carbons (Fsp3) is 0.471. The maximum absolute atomic E-state index is 10.6. The van der Waals surface area contributed by atoms with Gasteiger partial charge in [-0.15, -0.1) is 0 Å². The Kier molecular flexibility index (Phi) is 4.54. The second-order valence-electron chi connectivity index (χ2n) is 5.58. The summed E-state index contributed by atoms with van der Waals surface area (Å²) in [7, 11) is 0. The molecule has 2 nitrogen and oxygen atoms in total. The van der Waals surface area contributed by atoms with E-state index in [9.17, 15) is 4.79 Å². The largest absolute Gasteiger partial charge is 0.396 e.